The van der Waals surface area contributed by atoms with E-state index in [1.54, 1.807) is 0 Å². The molecule has 2 unspecified atom stereocenters. The van der Waals surface area contributed by atoms with Gasteiger partial charge in [0.25, 0.3) is 0 Å². The molecule has 1 aliphatic rings. The Morgan fingerprint density at radius 2 is 2.50 bits per heavy atom. The predicted molar refractivity (Wildman–Crippen MR) is 46.5 cm³/mol. The van der Waals surface area contributed by atoms with Gasteiger partial charge in [0.2, 0.25) is 0 Å². The average Bonchev–Trinajstić information content (AvgIpc) is 1.93. The van der Waals surface area contributed by atoms with Crippen LogP contribution in [0.15, 0.2) is 12.2 Å². The van der Waals surface area contributed by atoms with Gasteiger partial charge in [-0.25, -0.2) is 0 Å². The van der Waals surface area contributed by atoms with Crippen molar-refractivity contribution in [3.05, 3.63) is 12.2 Å². The van der Waals surface area contributed by atoms with Gasteiger partial charge < -0.3 is 4.74 Å². The summed E-state index contributed by atoms with van der Waals surface area (Å²) in [5.41, 5.74) is 0. The maximum Gasteiger partial charge on any atom is 0.0806 e. The molecule has 10 heavy (non-hydrogen) atoms. The SMILES string of the molecule is CC=CC1OCC1CCBr. The summed E-state index contributed by atoms with van der Waals surface area (Å²) >= 11 is 3.42. The zero-order chi connectivity index (χ0) is 7.40. The van der Waals surface area contributed by atoms with Crippen LogP contribution in [0.4, 0.5) is 0 Å². The van der Waals surface area contributed by atoms with Gasteiger partial charge >= 0.3 is 0 Å². The van der Waals surface area contributed by atoms with Crippen molar-refractivity contribution in [1.82, 2.24) is 0 Å². The van der Waals surface area contributed by atoms with Crippen LogP contribution in [0.3, 0.4) is 0 Å². The van der Waals surface area contributed by atoms with Crippen molar-refractivity contribution in [2.75, 3.05) is 11.9 Å². The quantitative estimate of drug-likeness (QED) is 0.507. The fourth-order valence-electron chi connectivity index (χ4n) is 1.13. The smallest absolute Gasteiger partial charge is 0.0806 e. The highest BCUT2D eigenvalue weighted by Crippen LogP contribution is 2.25. The van der Waals surface area contributed by atoms with Crippen LogP contribution in [0.2, 0.25) is 0 Å². The molecule has 58 valence electrons. The number of hydrogen-bond donors (Lipinski definition) is 0. The summed E-state index contributed by atoms with van der Waals surface area (Å²) in [6.45, 7) is 2.98. The zero-order valence-electron chi connectivity index (χ0n) is 6.22. The van der Waals surface area contributed by atoms with Crippen LogP contribution in [0, 0.1) is 5.92 Å². The lowest BCUT2D eigenvalue weighted by Gasteiger charge is -2.34. The van der Waals surface area contributed by atoms with Gasteiger partial charge in [-0.05, 0) is 13.3 Å². The summed E-state index contributed by atoms with van der Waals surface area (Å²) in [6.07, 6.45) is 5.83. The van der Waals surface area contributed by atoms with Crippen molar-refractivity contribution in [3.8, 4) is 0 Å². The second-order valence-corrected chi connectivity index (χ2v) is 3.35. The molecule has 2 heteroatoms. The summed E-state index contributed by atoms with van der Waals surface area (Å²) in [5, 5.41) is 1.09. The third-order valence-corrected chi connectivity index (χ3v) is 2.29. The van der Waals surface area contributed by atoms with E-state index < -0.39 is 0 Å². The molecule has 0 aromatic heterocycles. The predicted octanol–water partition coefficient (Wildman–Crippen LogP) is 2.36. The molecule has 1 nitrogen and oxygen atoms in total. The lowest BCUT2D eigenvalue weighted by atomic mass is 9.95. The van der Waals surface area contributed by atoms with Crippen LogP contribution in [0.1, 0.15) is 13.3 Å². The molecule has 1 rings (SSSR count). The highest BCUT2D eigenvalue weighted by atomic mass is 79.9. The molecule has 0 aliphatic carbocycles. The Kier molecular flexibility index (Phi) is 3.43. The molecule has 0 aromatic carbocycles. The van der Waals surface area contributed by atoms with E-state index in [9.17, 15) is 0 Å². The van der Waals surface area contributed by atoms with E-state index in [-0.39, 0.29) is 0 Å². The molecule has 1 aliphatic heterocycles. The van der Waals surface area contributed by atoms with Crippen molar-refractivity contribution in [2.45, 2.75) is 19.4 Å². The van der Waals surface area contributed by atoms with Gasteiger partial charge in [-0.2, -0.15) is 0 Å². The van der Waals surface area contributed by atoms with Gasteiger partial charge in [-0.15, -0.1) is 0 Å². The Hall–Kier alpha value is 0.180. The van der Waals surface area contributed by atoms with Crippen molar-refractivity contribution in [3.63, 3.8) is 0 Å². The summed E-state index contributed by atoms with van der Waals surface area (Å²) in [5.74, 6) is 0.760. The Labute approximate surface area is 70.6 Å². The van der Waals surface area contributed by atoms with E-state index in [0.717, 1.165) is 17.9 Å². The first-order chi connectivity index (χ1) is 4.88. The molecule has 0 spiro atoms. The fraction of sp³-hybridized carbons (Fsp3) is 0.750. The van der Waals surface area contributed by atoms with Gasteiger partial charge in [-0.1, -0.05) is 28.1 Å². The lowest BCUT2D eigenvalue weighted by Crippen LogP contribution is -2.38. The second-order valence-electron chi connectivity index (χ2n) is 2.56. The molecular formula is C8H13BrO. The Bertz CT molecular complexity index is 122. The van der Waals surface area contributed by atoms with Crippen molar-refractivity contribution in [2.24, 2.45) is 5.92 Å². The number of ether oxygens (including phenoxy) is 1. The first-order valence-corrected chi connectivity index (χ1v) is 4.81. The maximum absolute atomic E-state index is 5.33. The lowest BCUT2D eigenvalue weighted by molar-refractivity contribution is -0.0852. The van der Waals surface area contributed by atoms with E-state index in [1.807, 2.05) is 6.92 Å². The standard InChI is InChI=1S/C8H13BrO/c1-2-3-8-7(4-5-9)6-10-8/h2-3,7-8H,4-6H2,1H3. The van der Waals surface area contributed by atoms with Gasteiger partial charge in [0.05, 0.1) is 12.7 Å². The monoisotopic (exact) mass is 204 g/mol. The van der Waals surface area contributed by atoms with Crippen LogP contribution < -0.4 is 0 Å². The molecule has 0 bridgehead atoms. The van der Waals surface area contributed by atoms with Crippen LogP contribution in [0.25, 0.3) is 0 Å². The molecule has 1 fully saturated rings. The highest BCUT2D eigenvalue weighted by molar-refractivity contribution is 9.09. The third kappa shape index (κ3) is 1.83. The van der Waals surface area contributed by atoms with Crippen LogP contribution in [-0.2, 0) is 4.74 Å². The summed E-state index contributed by atoms with van der Waals surface area (Å²) in [4.78, 5) is 0. The first kappa shape index (κ1) is 8.28. The molecule has 0 aromatic rings. The summed E-state index contributed by atoms with van der Waals surface area (Å²) in [7, 11) is 0. The number of hydrogen-bond acceptors (Lipinski definition) is 1. The van der Waals surface area contributed by atoms with Crippen molar-refractivity contribution in [1.29, 1.82) is 0 Å². The van der Waals surface area contributed by atoms with Crippen LogP contribution in [0.5, 0.6) is 0 Å². The minimum Gasteiger partial charge on any atom is -0.373 e. The van der Waals surface area contributed by atoms with E-state index in [0.29, 0.717) is 6.10 Å². The molecule has 0 saturated carbocycles. The van der Waals surface area contributed by atoms with Crippen LogP contribution in [-0.4, -0.2) is 18.0 Å². The molecule has 0 N–H and O–H groups in total. The van der Waals surface area contributed by atoms with Crippen molar-refractivity contribution < 1.29 is 4.74 Å². The molecule has 1 heterocycles. The molecule has 0 radical (unpaired) electrons. The average molecular weight is 205 g/mol. The van der Waals surface area contributed by atoms with Crippen LogP contribution >= 0.6 is 15.9 Å². The molecular weight excluding hydrogens is 192 g/mol. The zero-order valence-corrected chi connectivity index (χ0v) is 7.80. The van der Waals surface area contributed by atoms with Gasteiger partial charge in [-0.3, -0.25) is 0 Å². The first-order valence-electron chi connectivity index (χ1n) is 3.69. The number of halogens is 1. The molecule has 0 amide bonds. The van der Waals surface area contributed by atoms with E-state index in [1.165, 1.54) is 6.42 Å². The van der Waals surface area contributed by atoms with Gasteiger partial charge in [0, 0.05) is 11.2 Å². The van der Waals surface area contributed by atoms with Crippen molar-refractivity contribution >= 4 is 15.9 Å². The van der Waals surface area contributed by atoms with E-state index >= 15 is 0 Å². The molecule has 2 atom stereocenters. The fourth-order valence-corrected chi connectivity index (χ4v) is 1.72. The minimum absolute atomic E-state index is 0.405. The topological polar surface area (TPSA) is 9.23 Å². The van der Waals surface area contributed by atoms with E-state index in [2.05, 4.69) is 28.1 Å². The normalized spacial score (nSPS) is 32.6. The highest BCUT2D eigenvalue weighted by Gasteiger charge is 2.28. The molecule has 1 saturated heterocycles. The third-order valence-electron chi connectivity index (χ3n) is 1.83. The Morgan fingerprint density at radius 1 is 1.70 bits per heavy atom. The summed E-state index contributed by atoms with van der Waals surface area (Å²) in [6, 6.07) is 0. The number of alkyl halides is 1. The largest absolute Gasteiger partial charge is 0.373 e. The number of allylic oxidation sites excluding steroid dienone is 1. The Morgan fingerprint density at radius 3 is 2.90 bits per heavy atom. The number of rotatable bonds is 3. The second kappa shape index (κ2) is 4.14. The summed E-state index contributed by atoms with van der Waals surface area (Å²) < 4.78 is 5.33. The maximum atomic E-state index is 5.33. The minimum atomic E-state index is 0.405. The van der Waals surface area contributed by atoms with Gasteiger partial charge in [0.1, 0.15) is 0 Å². The Balaban J connectivity index is 2.22. The van der Waals surface area contributed by atoms with E-state index in [4.69, 9.17) is 4.74 Å². The van der Waals surface area contributed by atoms with Gasteiger partial charge in [0.15, 0.2) is 0 Å².